The van der Waals surface area contributed by atoms with E-state index in [2.05, 4.69) is 17.6 Å². The Bertz CT molecular complexity index is 799. The van der Waals surface area contributed by atoms with Gasteiger partial charge in [0.2, 0.25) is 5.91 Å². The van der Waals surface area contributed by atoms with Crippen molar-refractivity contribution in [2.45, 2.75) is 46.0 Å². The first-order chi connectivity index (χ1) is 14.1. The van der Waals surface area contributed by atoms with E-state index in [-0.39, 0.29) is 11.0 Å². The molecule has 2 rings (SSSR count). The summed E-state index contributed by atoms with van der Waals surface area (Å²) in [5.74, 6) is 0.563. The van der Waals surface area contributed by atoms with Crippen LogP contribution in [-0.2, 0) is 4.79 Å². The van der Waals surface area contributed by atoms with E-state index in [0.717, 1.165) is 30.0 Å². The van der Waals surface area contributed by atoms with Gasteiger partial charge in [0.25, 0.3) is 0 Å². The van der Waals surface area contributed by atoms with Gasteiger partial charge in [-0.3, -0.25) is 10.1 Å². The predicted octanol–water partition coefficient (Wildman–Crippen LogP) is 5.87. The van der Waals surface area contributed by atoms with Crippen LogP contribution in [0.4, 0.5) is 5.69 Å². The lowest BCUT2D eigenvalue weighted by atomic mass is 10.1. The van der Waals surface area contributed by atoms with Crippen molar-refractivity contribution in [1.82, 2.24) is 5.32 Å². The van der Waals surface area contributed by atoms with Crippen LogP contribution in [0.3, 0.4) is 0 Å². The third kappa shape index (κ3) is 9.39. The molecule has 0 saturated carbocycles. The van der Waals surface area contributed by atoms with Crippen molar-refractivity contribution in [3.63, 3.8) is 0 Å². The van der Waals surface area contributed by atoms with Crippen LogP contribution in [0.2, 0.25) is 0 Å². The SMILES string of the molecule is CCCCCCCOc1ccc(NC(=S)NC(=O)C=Cc2ccc(C)cc2)cc1. The van der Waals surface area contributed by atoms with Crippen LogP contribution in [0.5, 0.6) is 5.75 Å². The second-order valence-corrected chi connectivity index (χ2v) is 7.38. The molecule has 0 atom stereocenters. The number of nitrogens with one attached hydrogen (secondary N) is 2. The second-order valence-electron chi connectivity index (χ2n) is 6.97. The molecule has 0 radical (unpaired) electrons. The normalized spacial score (nSPS) is 10.7. The van der Waals surface area contributed by atoms with Crippen molar-refractivity contribution >= 4 is 35.0 Å². The summed E-state index contributed by atoms with van der Waals surface area (Å²) in [6.45, 7) is 4.97. The number of aryl methyl sites for hydroxylation is 1. The van der Waals surface area contributed by atoms with Crippen molar-refractivity contribution in [2.24, 2.45) is 0 Å². The molecule has 0 bridgehead atoms. The molecule has 0 aliphatic carbocycles. The summed E-state index contributed by atoms with van der Waals surface area (Å²) in [6.07, 6.45) is 9.32. The monoisotopic (exact) mass is 410 g/mol. The van der Waals surface area contributed by atoms with E-state index >= 15 is 0 Å². The molecule has 5 heteroatoms. The molecule has 154 valence electrons. The molecule has 0 aliphatic rings. The quantitative estimate of drug-likeness (QED) is 0.292. The van der Waals surface area contributed by atoms with E-state index in [1.165, 1.54) is 37.3 Å². The van der Waals surface area contributed by atoms with E-state index < -0.39 is 0 Å². The minimum absolute atomic E-state index is 0.258. The molecule has 0 aromatic heterocycles. The highest BCUT2D eigenvalue weighted by atomic mass is 32.1. The van der Waals surface area contributed by atoms with Gasteiger partial charge in [0, 0.05) is 11.8 Å². The van der Waals surface area contributed by atoms with Crippen molar-refractivity contribution < 1.29 is 9.53 Å². The van der Waals surface area contributed by atoms with Crippen molar-refractivity contribution in [3.05, 3.63) is 65.7 Å². The van der Waals surface area contributed by atoms with Gasteiger partial charge in [-0.25, -0.2) is 0 Å². The maximum atomic E-state index is 12.0. The fourth-order valence-corrected chi connectivity index (χ4v) is 2.91. The van der Waals surface area contributed by atoms with Crippen LogP contribution in [0.1, 0.15) is 50.2 Å². The molecule has 0 aliphatic heterocycles. The molecule has 2 aromatic rings. The molecular weight excluding hydrogens is 380 g/mol. The molecule has 29 heavy (non-hydrogen) atoms. The highest BCUT2D eigenvalue weighted by Gasteiger charge is 2.02. The van der Waals surface area contributed by atoms with Gasteiger partial charge >= 0.3 is 0 Å². The Labute approximate surface area is 179 Å². The Morgan fingerprint density at radius 1 is 1.00 bits per heavy atom. The molecule has 4 nitrogen and oxygen atoms in total. The van der Waals surface area contributed by atoms with Gasteiger partial charge in [-0.2, -0.15) is 0 Å². The van der Waals surface area contributed by atoms with E-state index in [1.807, 2.05) is 55.5 Å². The smallest absolute Gasteiger partial charge is 0.250 e. The topological polar surface area (TPSA) is 50.4 Å². The third-order valence-electron chi connectivity index (χ3n) is 4.37. The largest absolute Gasteiger partial charge is 0.494 e. The van der Waals surface area contributed by atoms with Crippen LogP contribution in [-0.4, -0.2) is 17.6 Å². The summed E-state index contributed by atoms with van der Waals surface area (Å²) in [7, 11) is 0. The summed E-state index contributed by atoms with van der Waals surface area (Å²) < 4.78 is 5.75. The van der Waals surface area contributed by atoms with E-state index in [4.69, 9.17) is 17.0 Å². The van der Waals surface area contributed by atoms with Crippen molar-refractivity contribution in [3.8, 4) is 5.75 Å². The zero-order valence-corrected chi connectivity index (χ0v) is 18.1. The van der Waals surface area contributed by atoms with Crippen LogP contribution in [0.25, 0.3) is 6.08 Å². The lowest BCUT2D eigenvalue weighted by Crippen LogP contribution is -2.32. The lowest BCUT2D eigenvalue weighted by molar-refractivity contribution is -0.115. The molecule has 0 fully saturated rings. The van der Waals surface area contributed by atoms with Gasteiger partial charge in [0.1, 0.15) is 5.75 Å². The number of hydrogen-bond donors (Lipinski definition) is 2. The van der Waals surface area contributed by atoms with Gasteiger partial charge in [-0.05, 0) is 61.5 Å². The lowest BCUT2D eigenvalue weighted by Gasteiger charge is -2.10. The third-order valence-corrected chi connectivity index (χ3v) is 4.57. The molecule has 0 spiro atoms. The Hall–Kier alpha value is -2.66. The highest BCUT2D eigenvalue weighted by Crippen LogP contribution is 2.16. The van der Waals surface area contributed by atoms with Crippen molar-refractivity contribution in [1.29, 1.82) is 0 Å². The maximum Gasteiger partial charge on any atom is 0.250 e. The zero-order valence-electron chi connectivity index (χ0n) is 17.2. The maximum absolute atomic E-state index is 12.0. The van der Waals surface area contributed by atoms with Crippen LogP contribution >= 0.6 is 12.2 Å². The number of amides is 1. The van der Waals surface area contributed by atoms with Gasteiger partial charge in [0.05, 0.1) is 6.61 Å². The second kappa shape index (κ2) is 12.7. The first kappa shape index (κ1) is 22.6. The molecule has 0 unspecified atom stereocenters. The van der Waals surface area contributed by atoms with Crippen LogP contribution in [0, 0.1) is 6.92 Å². The minimum atomic E-state index is -0.272. The van der Waals surface area contributed by atoms with E-state index in [9.17, 15) is 4.79 Å². The number of carbonyl (C=O) groups excluding carboxylic acids is 1. The number of hydrogen-bond acceptors (Lipinski definition) is 3. The number of ether oxygens (including phenoxy) is 1. The van der Waals surface area contributed by atoms with Crippen LogP contribution in [0.15, 0.2) is 54.6 Å². The van der Waals surface area contributed by atoms with Gasteiger partial charge in [-0.15, -0.1) is 0 Å². The first-order valence-electron chi connectivity index (χ1n) is 10.2. The summed E-state index contributed by atoms with van der Waals surface area (Å²) in [5, 5.41) is 5.91. The number of benzene rings is 2. The van der Waals surface area contributed by atoms with E-state index in [0.29, 0.717) is 0 Å². The zero-order chi connectivity index (χ0) is 20.9. The Balaban J connectivity index is 1.71. The minimum Gasteiger partial charge on any atom is -0.494 e. The molecule has 1 amide bonds. The fourth-order valence-electron chi connectivity index (χ4n) is 2.70. The van der Waals surface area contributed by atoms with Gasteiger partial charge < -0.3 is 10.1 Å². The summed E-state index contributed by atoms with van der Waals surface area (Å²) in [4.78, 5) is 12.0. The average Bonchev–Trinajstić information content (AvgIpc) is 2.71. The number of carbonyl (C=O) groups is 1. The molecule has 0 saturated heterocycles. The standard InChI is InChI=1S/C24H30N2O2S/c1-3-4-5-6-7-18-28-22-15-13-21(14-16-22)25-24(29)26-23(27)17-12-20-10-8-19(2)9-11-20/h8-17H,3-7,18H2,1-2H3,(H2,25,26,27,29). The molecule has 2 aromatic carbocycles. The first-order valence-corrected chi connectivity index (χ1v) is 10.6. The summed E-state index contributed by atoms with van der Waals surface area (Å²) in [5.41, 5.74) is 2.94. The molecule has 2 N–H and O–H groups in total. The number of thiocarbonyl (C=S) groups is 1. The Morgan fingerprint density at radius 2 is 1.69 bits per heavy atom. The average molecular weight is 411 g/mol. The number of rotatable bonds is 10. The number of unbranched alkanes of at least 4 members (excludes halogenated alkanes) is 4. The molecular formula is C24H30N2O2S. The fraction of sp³-hybridized carbons (Fsp3) is 0.333. The Morgan fingerprint density at radius 3 is 2.38 bits per heavy atom. The van der Waals surface area contributed by atoms with Crippen molar-refractivity contribution in [2.75, 3.05) is 11.9 Å². The highest BCUT2D eigenvalue weighted by molar-refractivity contribution is 7.80. The summed E-state index contributed by atoms with van der Waals surface area (Å²) >= 11 is 5.21. The van der Waals surface area contributed by atoms with Crippen LogP contribution < -0.4 is 15.4 Å². The van der Waals surface area contributed by atoms with Gasteiger partial charge in [0.15, 0.2) is 5.11 Å². The van der Waals surface area contributed by atoms with E-state index in [1.54, 1.807) is 6.08 Å². The number of anilines is 1. The van der Waals surface area contributed by atoms with Gasteiger partial charge in [-0.1, -0.05) is 62.4 Å². The predicted molar refractivity (Wildman–Crippen MR) is 125 cm³/mol. The summed E-state index contributed by atoms with van der Waals surface area (Å²) in [6, 6.07) is 15.5. The Kier molecular flexibility index (Phi) is 9.93. The molecule has 0 heterocycles.